The van der Waals surface area contributed by atoms with E-state index in [1.165, 1.54) is 0 Å². The molecule has 0 radical (unpaired) electrons. The van der Waals surface area contributed by atoms with Gasteiger partial charge in [0.2, 0.25) is 0 Å². The van der Waals surface area contributed by atoms with Gasteiger partial charge in [0.15, 0.2) is 0 Å². The fourth-order valence-electron chi connectivity index (χ4n) is 1.83. The second-order valence-corrected chi connectivity index (χ2v) is 5.14. The van der Waals surface area contributed by atoms with Gasteiger partial charge in [0.05, 0.1) is 13.7 Å². The minimum atomic E-state index is 0.759. The van der Waals surface area contributed by atoms with E-state index in [9.17, 15) is 0 Å². The largest absolute Gasteiger partial charge is 0.497 e. The molecule has 2 rings (SSSR count). The molecule has 1 aromatic carbocycles. The Kier molecular flexibility index (Phi) is 5.05. The zero-order valence-corrected chi connectivity index (χ0v) is 12.8. The van der Waals surface area contributed by atoms with Gasteiger partial charge in [-0.2, -0.15) is 0 Å². The number of benzene rings is 1. The summed E-state index contributed by atoms with van der Waals surface area (Å²) in [6.45, 7) is 3.90. The predicted octanol–water partition coefficient (Wildman–Crippen LogP) is 4.22. The second kappa shape index (κ2) is 6.78. The van der Waals surface area contributed by atoms with Crippen LogP contribution in [0.4, 0.5) is 0 Å². The molecule has 0 spiro atoms. The predicted molar refractivity (Wildman–Crippen MR) is 80.4 cm³/mol. The third-order valence-electron chi connectivity index (χ3n) is 2.83. The maximum absolute atomic E-state index is 5.85. The molecule has 0 fully saturated rings. The Balaban J connectivity index is 2.17. The lowest BCUT2D eigenvalue weighted by Gasteiger charge is -2.05. The average molecular weight is 324 g/mol. The second-order valence-electron chi connectivity index (χ2n) is 4.29. The van der Waals surface area contributed by atoms with Crippen LogP contribution in [0.25, 0.3) is 11.3 Å². The molecule has 0 atom stereocenters. The van der Waals surface area contributed by atoms with E-state index in [4.69, 9.17) is 9.15 Å². The van der Waals surface area contributed by atoms with Crippen molar-refractivity contribution in [1.29, 1.82) is 0 Å². The number of furan rings is 1. The van der Waals surface area contributed by atoms with Crippen LogP contribution < -0.4 is 10.1 Å². The Labute approximate surface area is 122 Å². The van der Waals surface area contributed by atoms with Crippen LogP contribution in [0.15, 0.2) is 39.2 Å². The Morgan fingerprint density at radius 1 is 1.26 bits per heavy atom. The first-order chi connectivity index (χ1) is 9.24. The maximum atomic E-state index is 5.85. The third kappa shape index (κ3) is 3.61. The van der Waals surface area contributed by atoms with Crippen molar-refractivity contribution in [2.24, 2.45) is 0 Å². The maximum Gasteiger partial charge on any atom is 0.135 e. The van der Waals surface area contributed by atoms with E-state index >= 15 is 0 Å². The van der Waals surface area contributed by atoms with Crippen LogP contribution in [0.2, 0.25) is 0 Å². The Bertz CT molecular complexity index is 537. The van der Waals surface area contributed by atoms with Crippen LogP contribution in [0.3, 0.4) is 0 Å². The molecule has 1 heterocycles. The molecule has 0 saturated carbocycles. The molecule has 0 aliphatic heterocycles. The molecule has 0 unspecified atom stereocenters. The van der Waals surface area contributed by atoms with E-state index < -0.39 is 0 Å². The molecule has 0 amide bonds. The number of methoxy groups -OCH3 is 1. The summed E-state index contributed by atoms with van der Waals surface area (Å²) in [5, 5.41) is 3.32. The molecule has 0 aliphatic carbocycles. The zero-order chi connectivity index (χ0) is 13.7. The lowest BCUT2D eigenvalue weighted by molar-refractivity contribution is 0.414. The fraction of sp³-hybridized carbons (Fsp3) is 0.333. The fourth-order valence-corrected chi connectivity index (χ4v) is 2.27. The number of halogens is 1. The van der Waals surface area contributed by atoms with Crippen molar-refractivity contribution < 1.29 is 9.15 Å². The van der Waals surface area contributed by atoms with Crippen molar-refractivity contribution in [2.45, 2.75) is 19.9 Å². The first-order valence-corrected chi connectivity index (χ1v) is 7.17. The topological polar surface area (TPSA) is 34.4 Å². The Morgan fingerprint density at radius 2 is 2.11 bits per heavy atom. The number of rotatable bonds is 6. The van der Waals surface area contributed by atoms with Crippen LogP contribution in [-0.2, 0) is 6.54 Å². The summed E-state index contributed by atoms with van der Waals surface area (Å²) in [6.07, 6.45) is 1.12. The van der Waals surface area contributed by atoms with Gasteiger partial charge < -0.3 is 14.5 Å². The van der Waals surface area contributed by atoms with Crippen LogP contribution >= 0.6 is 15.9 Å². The highest BCUT2D eigenvalue weighted by Gasteiger charge is 2.09. The Hall–Kier alpha value is -1.26. The summed E-state index contributed by atoms with van der Waals surface area (Å²) < 4.78 is 12.1. The molecule has 4 heteroatoms. The normalized spacial score (nSPS) is 10.7. The van der Waals surface area contributed by atoms with Gasteiger partial charge >= 0.3 is 0 Å². The molecule has 1 N–H and O–H groups in total. The van der Waals surface area contributed by atoms with E-state index in [0.29, 0.717) is 0 Å². The minimum absolute atomic E-state index is 0.759. The standard InChI is InChI=1S/C15H18BrNO2/c1-3-8-17-10-12-5-7-15(19-12)13-9-11(18-2)4-6-14(13)16/h4-7,9,17H,3,8,10H2,1-2H3. The van der Waals surface area contributed by atoms with Crippen molar-refractivity contribution in [3.63, 3.8) is 0 Å². The van der Waals surface area contributed by atoms with Gasteiger partial charge in [-0.25, -0.2) is 0 Å². The van der Waals surface area contributed by atoms with Gasteiger partial charge in [-0.05, 0) is 43.3 Å². The smallest absolute Gasteiger partial charge is 0.135 e. The highest BCUT2D eigenvalue weighted by Crippen LogP contribution is 2.32. The van der Waals surface area contributed by atoms with Crippen molar-refractivity contribution >= 4 is 15.9 Å². The average Bonchev–Trinajstić information content (AvgIpc) is 2.88. The lowest BCUT2D eigenvalue weighted by Crippen LogP contribution is -2.12. The summed E-state index contributed by atoms with van der Waals surface area (Å²) >= 11 is 3.54. The Morgan fingerprint density at radius 3 is 2.84 bits per heavy atom. The summed E-state index contributed by atoms with van der Waals surface area (Å²) in [4.78, 5) is 0. The van der Waals surface area contributed by atoms with Gasteiger partial charge in [0.25, 0.3) is 0 Å². The van der Waals surface area contributed by atoms with Gasteiger partial charge in [-0.15, -0.1) is 0 Å². The summed E-state index contributed by atoms with van der Waals surface area (Å²) in [5.74, 6) is 2.61. The van der Waals surface area contributed by atoms with Crippen molar-refractivity contribution in [3.05, 3.63) is 40.6 Å². The van der Waals surface area contributed by atoms with Crippen molar-refractivity contribution in [3.8, 4) is 17.1 Å². The monoisotopic (exact) mass is 323 g/mol. The van der Waals surface area contributed by atoms with Crippen LogP contribution in [0.1, 0.15) is 19.1 Å². The summed E-state index contributed by atoms with van der Waals surface area (Å²) in [6, 6.07) is 9.84. The van der Waals surface area contributed by atoms with E-state index in [1.807, 2.05) is 30.3 Å². The van der Waals surface area contributed by atoms with Gasteiger partial charge in [0.1, 0.15) is 17.3 Å². The molecule has 3 nitrogen and oxygen atoms in total. The van der Waals surface area contributed by atoms with Crippen LogP contribution in [0, 0.1) is 0 Å². The molecule has 0 bridgehead atoms. The van der Waals surface area contributed by atoms with E-state index in [2.05, 4.69) is 28.2 Å². The van der Waals surface area contributed by atoms with Crippen molar-refractivity contribution in [1.82, 2.24) is 5.32 Å². The first kappa shape index (κ1) is 14.2. The SMILES string of the molecule is CCCNCc1ccc(-c2cc(OC)ccc2Br)o1. The number of nitrogens with one attached hydrogen (secondary N) is 1. The zero-order valence-electron chi connectivity index (χ0n) is 11.2. The number of ether oxygens (including phenoxy) is 1. The molecule has 1 aromatic heterocycles. The quantitative estimate of drug-likeness (QED) is 0.808. The molecule has 19 heavy (non-hydrogen) atoms. The molecular weight excluding hydrogens is 306 g/mol. The number of hydrogen-bond acceptors (Lipinski definition) is 3. The molecule has 102 valence electrons. The van der Waals surface area contributed by atoms with Crippen molar-refractivity contribution in [2.75, 3.05) is 13.7 Å². The highest BCUT2D eigenvalue weighted by molar-refractivity contribution is 9.10. The lowest BCUT2D eigenvalue weighted by atomic mass is 10.1. The molecule has 0 saturated heterocycles. The van der Waals surface area contributed by atoms with E-state index in [0.717, 1.165) is 46.8 Å². The van der Waals surface area contributed by atoms with Crippen LogP contribution in [0.5, 0.6) is 5.75 Å². The molecule has 0 aliphatic rings. The first-order valence-electron chi connectivity index (χ1n) is 6.38. The van der Waals surface area contributed by atoms with Gasteiger partial charge in [-0.1, -0.05) is 22.9 Å². The summed E-state index contributed by atoms with van der Waals surface area (Å²) in [7, 11) is 1.66. The highest BCUT2D eigenvalue weighted by atomic mass is 79.9. The van der Waals surface area contributed by atoms with Gasteiger partial charge in [0, 0.05) is 10.0 Å². The third-order valence-corrected chi connectivity index (χ3v) is 3.52. The van der Waals surface area contributed by atoms with Gasteiger partial charge in [-0.3, -0.25) is 0 Å². The summed E-state index contributed by atoms with van der Waals surface area (Å²) in [5.41, 5.74) is 1.00. The minimum Gasteiger partial charge on any atom is -0.497 e. The molecular formula is C15H18BrNO2. The van der Waals surface area contributed by atoms with E-state index in [1.54, 1.807) is 7.11 Å². The molecule has 2 aromatic rings. The number of hydrogen-bond donors (Lipinski definition) is 1. The van der Waals surface area contributed by atoms with Crippen LogP contribution in [-0.4, -0.2) is 13.7 Å². The van der Waals surface area contributed by atoms with E-state index in [-0.39, 0.29) is 0 Å².